The van der Waals surface area contributed by atoms with Gasteiger partial charge in [0.2, 0.25) is 15.9 Å². The van der Waals surface area contributed by atoms with E-state index in [1.807, 2.05) is 0 Å². The molecule has 2 aliphatic heterocycles. The zero-order valence-corrected chi connectivity index (χ0v) is 24.4. The van der Waals surface area contributed by atoms with Crippen molar-refractivity contribution in [3.8, 4) is 17.2 Å². The Morgan fingerprint density at radius 3 is 2.36 bits per heavy atom. The average Bonchev–Trinajstić information content (AvgIpc) is 3.00. The van der Waals surface area contributed by atoms with Crippen LogP contribution in [0, 0.1) is 5.82 Å². The first-order chi connectivity index (χ1) is 20.1. The van der Waals surface area contributed by atoms with E-state index in [1.165, 1.54) is 59.9 Å². The van der Waals surface area contributed by atoms with Crippen LogP contribution in [0.1, 0.15) is 19.3 Å². The molecule has 3 aromatic rings. The summed E-state index contributed by atoms with van der Waals surface area (Å²) in [6, 6.07) is 13.0. The smallest absolute Gasteiger partial charge is 0.264 e. The third kappa shape index (κ3) is 6.15. The molecular formula is C28H30FN3O8S2. The van der Waals surface area contributed by atoms with E-state index in [-0.39, 0.29) is 39.3 Å². The summed E-state index contributed by atoms with van der Waals surface area (Å²) in [5.74, 6) is -0.740. The minimum absolute atomic E-state index is 0.0358. The molecule has 0 bridgehead atoms. The van der Waals surface area contributed by atoms with Crippen molar-refractivity contribution < 1.29 is 40.2 Å². The number of anilines is 2. The summed E-state index contributed by atoms with van der Waals surface area (Å²) in [5, 5.41) is 2.57. The highest BCUT2D eigenvalue weighted by Crippen LogP contribution is 2.35. The predicted molar refractivity (Wildman–Crippen MR) is 153 cm³/mol. The summed E-state index contributed by atoms with van der Waals surface area (Å²) in [5.41, 5.74) is -0.0510. The Labute approximate surface area is 243 Å². The topological polar surface area (TPSA) is 132 Å². The van der Waals surface area contributed by atoms with Gasteiger partial charge in [0.1, 0.15) is 31.3 Å². The molecule has 5 rings (SSSR count). The second-order valence-electron chi connectivity index (χ2n) is 9.67. The Balaban J connectivity index is 1.45. The maximum Gasteiger partial charge on any atom is 0.264 e. The number of ether oxygens (including phenoxy) is 3. The molecule has 14 heteroatoms. The number of sulfonamides is 2. The second-order valence-corrected chi connectivity index (χ2v) is 13.5. The largest absolute Gasteiger partial charge is 0.495 e. The van der Waals surface area contributed by atoms with Crippen LogP contribution in [0.15, 0.2) is 70.5 Å². The van der Waals surface area contributed by atoms with Crippen molar-refractivity contribution >= 4 is 37.3 Å². The van der Waals surface area contributed by atoms with Crippen LogP contribution in [0.25, 0.3) is 0 Å². The van der Waals surface area contributed by atoms with Crippen LogP contribution in [0.2, 0.25) is 0 Å². The molecule has 1 amide bonds. The lowest BCUT2D eigenvalue weighted by atomic mass is 10.2. The van der Waals surface area contributed by atoms with E-state index in [9.17, 15) is 26.0 Å². The Kier molecular flexibility index (Phi) is 8.57. The fraction of sp³-hybridized carbons (Fsp3) is 0.321. The van der Waals surface area contributed by atoms with E-state index in [0.29, 0.717) is 25.4 Å². The van der Waals surface area contributed by atoms with Gasteiger partial charge >= 0.3 is 0 Å². The number of rotatable bonds is 9. The molecular weight excluding hydrogens is 589 g/mol. The fourth-order valence-corrected chi connectivity index (χ4v) is 7.75. The van der Waals surface area contributed by atoms with Crippen molar-refractivity contribution in [3.63, 3.8) is 0 Å². The summed E-state index contributed by atoms with van der Waals surface area (Å²) in [6.07, 6.45) is 2.46. The molecule has 11 nitrogen and oxygen atoms in total. The van der Waals surface area contributed by atoms with Crippen LogP contribution in [0.4, 0.5) is 15.8 Å². The quantitative estimate of drug-likeness (QED) is 0.384. The van der Waals surface area contributed by atoms with E-state index in [4.69, 9.17) is 14.2 Å². The number of carbonyl (C=O) groups is 1. The molecule has 3 aromatic carbocycles. The Bertz CT molecular complexity index is 1690. The second kappa shape index (κ2) is 12.2. The minimum atomic E-state index is -4.42. The Hall–Kier alpha value is -3.88. The molecule has 0 spiro atoms. The summed E-state index contributed by atoms with van der Waals surface area (Å²) < 4.78 is 86.8. The van der Waals surface area contributed by atoms with Gasteiger partial charge in [-0.15, -0.1) is 0 Å². The third-order valence-electron chi connectivity index (χ3n) is 6.88. The third-order valence-corrected chi connectivity index (χ3v) is 10.5. The maximum atomic E-state index is 14.2. The van der Waals surface area contributed by atoms with E-state index in [0.717, 1.165) is 35.7 Å². The van der Waals surface area contributed by atoms with Crippen LogP contribution in [0.3, 0.4) is 0 Å². The predicted octanol–water partition coefficient (Wildman–Crippen LogP) is 3.61. The number of methoxy groups -OCH3 is 1. The maximum absolute atomic E-state index is 14.2. The number of hydrogen-bond donors (Lipinski definition) is 1. The first-order valence-corrected chi connectivity index (χ1v) is 16.1. The molecule has 224 valence electrons. The zero-order chi connectivity index (χ0) is 29.9. The van der Waals surface area contributed by atoms with Gasteiger partial charge in [0, 0.05) is 19.2 Å². The number of amides is 1. The van der Waals surface area contributed by atoms with Gasteiger partial charge in [-0.1, -0.05) is 12.5 Å². The van der Waals surface area contributed by atoms with Crippen molar-refractivity contribution in [2.45, 2.75) is 29.1 Å². The lowest BCUT2D eigenvalue weighted by Crippen LogP contribution is -2.38. The molecule has 0 saturated carbocycles. The van der Waals surface area contributed by atoms with Crippen molar-refractivity contribution in [2.24, 2.45) is 0 Å². The zero-order valence-electron chi connectivity index (χ0n) is 22.8. The molecule has 0 aromatic heterocycles. The number of hydrogen-bond acceptors (Lipinski definition) is 8. The first-order valence-electron chi connectivity index (χ1n) is 13.3. The molecule has 2 aliphatic rings. The van der Waals surface area contributed by atoms with Crippen molar-refractivity contribution in [1.29, 1.82) is 0 Å². The molecule has 1 fully saturated rings. The van der Waals surface area contributed by atoms with E-state index >= 15 is 0 Å². The molecule has 0 unspecified atom stereocenters. The van der Waals surface area contributed by atoms with E-state index in [1.54, 1.807) is 0 Å². The van der Waals surface area contributed by atoms with Crippen LogP contribution < -0.4 is 23.8 Å². The summed E-state index contributed by atoms with van der Waals surface area (Å²) in [4.78, 5) is 13.1. The lowest BCUT2D eigenvalue weighted by Gasteiger charge is -2.26. The van der Waals surface area contributed by atoms with Gasteiger partial charge in [-0.25, -0.2) is 21.2 Å². The van der Waals surface area contributed by atoms with Gasteiger partial charge < -0.3 is 19.5 Å². The normalized spacial score (nSPS) is 15.6. The van der Waals surface area contributed by atoms with E-state index < -0.39 is 38.3 Å². The van der Waals surface area contributed by atoms with Gasteiger partial charge in [0.05, 0.1) is 28.3 Å². The highest BCUT2D eigenvalue weighted by molar-refractivity contribution is 7.92. The van der Waals surface area contributed by atoms with Crippen LogP contribution in [-0.4, -0.2) is 67.0 Å². The molecule has 1 saturated heterocycles. The number of carbonyl (C=O) groups excluding carboxylic acids is 1. The van der Waals surface area contributed by atoms with E-state index in [2.05, 4.69) is 5.32 Å². The highest BCUT2D eigenvalue weighted by atomic mass is 32.2. The number of nitrogens with one attached hydrogen (secondary N) is 1. The number of halogens is 1. The average molecular weight is 620 g/mol. The van der Waals surface area contributed by atoms with Crippen molar-refractivity contribution in [1.82, 2.24) is 4.31 Å². The van der Waals surface area contributed by atoms with Gasteiger partial charge in [0.15, 0.2) is 11.5 Å². The SMILES string of the molecule is COc1ccc(S(=O)(=O)N2CCCCC2)cc1NC(=O)CN(c1cccc(F)c1)S(=O)(=O)c1ccc2c(c1)OCCO2. The van der Waals surface area contributed by atoms with Crippen LogP contribution in [-0.2, 0) is 24.8 Å². The van der Waals surface area contributed by atoms with Crippen molar-refractivity contribution in [3.05, 3.63) is 66.5 Å². The molecule has 1 N–H and O–H groups in total. The Morgan fingerprint density at radius 2 is 1.64 bits per heavy atom. The van der Waals surface area contributed by atoms with Gasteiger partial charge in [0.25, 0.3) is 10.0 Å². The van der Waals surface area contributed by atoms with Crippen molar-refractivity contribution in [2.75, 3.05) is 49.6 Å². The standard InChI is InChI=1S/C28H30FN3O8S2/c1-38-25-10-8-22(41(34,35)31-12-3-2-4-13-31)17-24(25)30-28(33)19-32(21-7-5-6-20(29)16-21)42(36,37)23-9-11-26-27(18-23)40-15-14-39-26/h5-11,16-18H,2-4,12-15,19H2,1H3,(H,30,33). The van der Waals surface area contributed by atoms with Gasteiger partial charge in [-0.3, -0.25) is 9.10 Å². The first kappa shape index (κ1) is 29.6. The summed E-state index contributed by atoms with van der Waals surface area (Å²) in [7, 11) is -6.89. The molecule has 0 radical (unpaired) electrons. The Morgan fingerprint density at radius 1 is 0.929 bits per heavy atom. The van der Waals surface area contributed by atoms with Gasteiger partial charge in [-0.2, -0.15) is 4.31 Å². The van der Waals surface area contributed by atoms with Gasteiger partial charge in [-0.05, 0) is 61.4 Å². The summed E-state index contributed by atoms with van der Waals surface area (Å²) in [6.45, 7) is 0.596. The number of piperidine rings is 1. The van der Waals surface area contributed by atoms with Crippen LogP contribution >= 0.6 is 0 Å². The molecule has 0 aliphatic carbocycles. The van der Waals surface area contributed by atoms with Crippen LogP contribution in [0.5, 0.6) is 17.2 Å². The number of nitrogens with zero attached hydrogens (tertiary/aromatic N) is 2. The molecule has 2 heterocycles. The minimum Gasteiger partial charge on any atom is -0.495 e. The highest BCUT2D eigenvalue weighted by Gasteiger charge is 2.31. The number of benzene rings is 3. The summed E-state index contributed by atoms with van der Waals surface area (Å²) >= 11 is 0. The monoisotopic (exact) mass is 619 g/mol. The lowest BCUT2D eigenvalue weighted by molar-refractivity contribution is -0.114. The fourth-order valence-electron chi connectivity index (χ4n) is 4.78. The molecule has 42 heavy (non-hydrogen) atoms. The number of fused-ring (bicyclic) bond motifs is 1. The molecule has 0 atom stereocenters.